The molecule has 6 nitrogen and oxygen atoms in total. The van der Waals surface area contributed by atoms with Crippen molar-refractivity contribution in [1.29, 1.82) is 0 Å². The van der Waals surface area contributed by atoms with E-state index in [1.165, 1.54) is 26.3 Å². The molecule has 32 heavy (non-hydrogen) atoms. The number of ether oxygens (including phenoxy) is 3. The Morgan fingerprint density at radius 1 is 1.06 bits per heavy atom. The third-order valence-electron chi connectivity index (χ3n) is 7.95. The predicted molar refractivity (Wildman–Crippen MR) is 117 cm³/mol. The third kappa shape index (κ3) is 3.48. The maximum atomic E-state index is 12.0. The Labute approximate surface area is 189 Å². The Kier molecular flexibility index (Phi) is 5.56. The summed E-state index contributed by atoms with van der Waals surface area (Å²) in [7, 11) is 0. The van der Waals surface area contributed by atoms with Crippen LogP contribution >= 0.6 is 0 Å². The van der Waals surface area contributed by atoms with Gasteiger partial charge >= 0.3 is 17.9 Å². The lowest BCUT2D eigenvalue weighted by Crippen LogP contribution is -2.55. The summed E-state index contributed by atoms with van der Waals surface area (Å²) < 4.78 is 17.0. The first-order valence-electron chi connectivity index (χ1n) is 11.3. The second-order valence-electron chi connectivity index (χ2n) is 9.66. The van der Waals surface area contributed by atoms with Crippen molar-refractivity contribution in [1.82, 2.24) is 0 Å². The Balaban J connectivity index is 1.75. The van der Waals surface area contributed by atoms with E-state index in [1.807, 2.05) is 18.2 Å². The van der Waals surface area contributed by atoms with Crippen LogP contribution in [0.1, 0.15) is 70.4 Å². The lowest BCUT2D eigenvalue weighted by molar-refractivity contribution is -0.170. The summed E-state index contributed by atoms with van der Waals surface area (Å²) >= 11 is 0. The quantitative estimate of drug-likeness (QED) is 0.404. The average molecular weight is 439 g/mol. The van der Waals surface area contributed by atoms with E-state index in [9.17, 15) is 14.4 Å². The van der Waals surface area contributed by atoms with Gasteiger partial charge in [0.05, 0.1) is 0 Å². The van der Waals surface area contributed by atoms with Crippen molar-refractivity contribution in [2.45, 2.75) is 77.4 Å². The van der Waals surface area contributed by atoms with E-state index in [4.69, 9.17) is 20.6 Å². The number of rotatable bonds is 3. The average Bonchev–Trinajstić information content (AvgIpc) is 2.99. The standard InChI is InChI=1S/C26H30O6/c1-6-26(32-17(4)29)12-10-22-24-21(9-11-25(22,26)5)20-8-7-19(30-15(2)27)13-18(20)14-23(24)31-16(3)28/h1,7-8,13,21-24H,9-12,14H2,2-5H3/t21-,22+,23-,24-,25+,26+/m1/s1. The maximum Gasteiger partial charge on any atom is 0.308 e. The maximum absolute atomic E-state index is 12.0. The topological polar surface area (TPSA) is 78.9 Å². The molecule has 4 rings (SSSR count). The molecule has 0 unspecified atom stereocenters. The molecule has 6 atom stereocenters. The van der Waals surface area contributed by atoms with Gasteiger partial charge < -0.3 is 14.2 Å². The zero-order chi connectivity index (χ0) is 23.3. The zero-order valence-corrected chi connectivity index (χ0v) is 19.1. The molecule has 0 N–H and O–H groups in total. The number of benzene rings is 1. The van der Waals surface area contributed by atoms with Crippen LogP contribution < -0.4 is 4.74 Å². The van der Waals surface area contributed by atoms with Gasteiger partial charge in [0.1, 0.15) is 11.9 Å². The number of hydrogen-bond donors (Lipinski definition) is 0. The molecule has 0 aromatic heterocycles. The first kappa shape index (κ1) is 22.4. The van der Waals surface area contributed by atoms with Crippen molar-refractivity contribution in [3.63, 3.8) is 0 Å². The Morgan fingerprint density at radius 3 is 2.44 bits per heavy atom. The van der Waals surface area contributed by atoms with Crippen LogP contribution in [0.4, 0.5) is 0 Å². The normalized spacial score (nSPS) is 34.8. The minimum atomic E-state index is -0.936. The number of esters is 3. The second kappa shape index (κ2) is 7.95. The summed E-state index contributed by atoms with van der Waals surface area (Å²) in [6.07, 6.45) is 9.29. The molecular weight excluding hydrogens is 408 g/mol. The summed E-state index contributed by atoms with van der Waals surface area (Å²) in [5, 5.41) is 0. The molecule has 1 aromatic rings. The van der Waals surface area contributed by atoms with Crippen LogP contribution in [0.5, 0.6) is 5.75 Å². The highest BCUT2D eigenvalue weighted by molar-refractivity contribution is 5.69. The van der Waals surface area contributed by atoms with Gasteiger partial charge in [0.15, 0.2) is 5.60 Å². The Hall–Kier alpha value is -2.81. The minimum Gasteiger partial charge on any atom is -0.462 e. The van der Waals surface area contributed by atoms with Gasteiger partial charge in [-0.15, -0.1) is 6.42 Å². The summed E-state index contributed by atoms with van der Waals surface area (Å²) in [5.41, 5.74) is 0.930. The molecule has 2 saturated carbocycles. The fourth-order valence-corrected chi connectivity index (χ4v) is 6.79. The van der Waals surface area contributed by atoms with Gasteiger partial charge in [-0.05, 0) is 60.8 Å². The lowest BCUT2D eigenvalue weighted by atomic mass is 9.52. The third-order valence-corrected chi connectivity index (χ3v) is 7.95. The van der Waals surface area contributed by atoms with Crippen molar-refractivity contribution in [2.24, 2.45) is 17.3 Å². The monoisotopic (exact) mass is 438 g/mol. The van der Waals surface area contributed by atoms with E-state index in [0.717, 1.165) is 24.8 Å². The molecule has 0 aliphatic heterocycles. The van der Waals surface area contributed by atoms with Crippen LogP contribution in [-0.2, 0) is 30.3 Å². The van der Waals surface area contributed by atoms with Crippen molar-refractivity contribution >= 4 is 17.9 Å². The van der Waals surface area contributed by atoms with Gasteiger partial charge in [0.2, 0.25) is 0 Å². The molecule has 0 saturated heterocycles. The number of fused-ring (bicyclic) bond motifs is 5. The highest BCUT2D eigenvalue weighted by Gasteiger charge is 2.65. The fourth-order valence-electron chi connectivity index (χ4n) is 6.79. The Bertz CT molecular complexity index is 1010. The van der Waals surface area contributed by atoms with E-state index in [1.54, 1.807) is 0 Å². The zero-order valence-electron chi connectivity index (χ0n) is 19.1. The molecule has 0 amide bonds. The molecule has 170 valence electrons. The van der Waals surface area contributed by atoms with E-state index in [0.29, 0.717) is 18.6 Å². The molecule has 0 spiro atoms. The van der Waals surface area contributed by atoms with Gasteiger partial charge in [0, 0.05) is 38.5 Å². The minimum absolute atomic E-state index is 0.0792. The lowest BCUT2D eigenvalue weighted by Gasteiger charge is -2.54. The Morgan fingerprint density at radius 2 is 1.81 bits per heavy atom. The molecule has 0 radical (unpaired) electrons. The van der Waals surface area contributed by atoms with Crippen LogP contribution in [0, 0.1) is 29.6 Å². The van der Waals surface area contributed by atoms with Crippen LogP contribution in [0.3, 0.4) is 0 Å². The molecule has 6 heteroatoms. The van der Waals surface area contributed by atoms with E-state index >= 15 is 0 Å². The molecule has 1 aromatic carbocycles. The van der Waals surface area contributed by atoms with Gasteiger partial charge in [-0.1, -0.05) is 18.9 Å². The number of carbonyl (C=O) groups is 3. The molecule has 3 aliphatic rings. The molecule has 3 aliphatic carbocycles. The van der Waals surface area contributed by atoms with Gasteiger partial charge in [-0.25, -0.2) is 0 Å². The van der Waals surface area contributed by atoms with E-state index < -0.39 is 5.60 Å². The number of terminal acetylenes is 1. The first-order valence-corrected chi connectivity index (χ1v) is 11.3. The first-order chi connectivity index (χ1) is 15.1. The summed E-state index contributed by atoms with van der Waals surface area (Å²) in [4.78, 5) is 35.3. The van der Waals surface area contributed by atoms with E-state index in [2.05, 4.69) is 12.8 Å². The van der Waals surface area contributed by atoms with Crippen LogP contribution in [-0.4, -0.2) is 29.6 Å². The number of hydrogen-bond acceptors (Lipinski definition) is 6. The SMILES string of the molecule is C#C[C@]1(OC(C)=O)CC[C@H]2[C@H]3[C@H](CC[C@@]21C)c1ccc(OC(C)=O)cc1C[C@H]3OC(C)=O. The van der Waals surface area contributed by atoms with Gasteiger partial charge in [-0.2, -0.15) is 0 Å². The van der Waals surface area contributed by atoms with Gasteiger partial charge in [-0.3, -0.25) is 14.4 Å². The fraction of sp³-hybridized carbons (Fsp3) is 0.577. The smallest absolute Gasteiger partial charge is 0.308 e. The molecule has 0 heterocycles. The van der Waals surface area contributed by atoms with Crippen molar-refractivity contribution < 1.29 is 28.6 Å². The van der Waals surface area contributed by atoms with Gasteiger partial charge in [0.25, 0.3) is 0 Å². The summed E-state index contributed by atoms with van der Waals surface area (Å²) in [6, 6.07) is 5.75. The largest absolute Gasteiger partial charge is 0.462 e. The second-order valence-corrected chi connectivity index (χ2v) is 9.66. The van der Waals surface area contributed by atoms with Crippen LogP contribution in [0.25, 0.3) is 0 Å². The molecule has 2 fully saturated rings. The highest BCUT2D eigenvalue weighted by atomic mass is 16.6. The van der Waals surface area contributed by atoms with Crippen LogP contribution in [0.2, 0.25) is 0 Å². The predicted octanol–water partition coefficient (Wildman–Crippen LogP) is 3.94. The van der Waals surface area contributed by atoms with Crippen molar-refractivity contribution in [3.05, 3.63) is 29.3 Å². The molecular formula is C26H30O6. The summed E-state index contributed by atoms with van der Waals surface area (Å²) in [5.74, 6) is 2.72. The molecule has 0 bridgehead atoms. The van der Waals surface area contributed by atoms with Crippen molar-refractivity contribution in [3.8, 4) is 18.1 Å². The highest BCUT2D eigenvalue weighted by Crippen LogP contribution is 2.65. The van der Waals surface area contributed by atoms with E-state index in [-0.39, 0.29) is 47.2 Å². The van der Waals surface area contributed by atoms with Crippen molar-refractivity contribution in [2.75, 3.05) is 0 Å². The van der Waals surface area contributed by atoms with Crippen LogP contribution in [0.15, 0.2) is 18.2 Å². The summed E-state index contributed by atoms with van der Waals surface area (Å²) in [6.45, 7) is 6.34. The number of carbonyl (C=O) groups excluding carboxylic acids is 3.